The van der Waals surface area contributed by atoms with E-state index in [1.807, 2.05) is 24.3 Å². The molecule has 1 aliphatic carbocycles. The number of hydrogen-bond acceptors (Lipinski definition) is 5. The van der Waals surface area contributed by atoms with Gasteiger partial charge >= 0.3 is 0 Å². The number of primary amides is 1. The minimum absolute atomic E-state index is 0.236. The number of benzene rings is 1. The summed E-state index contributed by atoms with van der Waals surface area (Å²) in [5, 5.41) is 0.632. The summed E-state index contributed by atoms with van der Waals surface area (Å²) < 4.78 is 34.3. The molecule has 1 aromatic heterocycles. The molecule has 0 bridgehead atoms. The van der Waals surface area contributed by atoms with Crippen molar-refractivity contribution in [1.29, 1.82) is 0 Å². The first-order valence-corrected chi connectivity index (χ1v) is 11.2. The molecule has 1 atom stereocenters. The number of sulfonamides is 1. The Kier molecular flexibility index (Phi) is 4.77. The zero-order chi connectivity index (χ0) is 18.3. The molecule has 2 aliphatic rings. The summed E-state index contributed by atoms with van der Waals surface area (Å²) in [5.41, 5.74) is 6.32. The summed E-state index contributed by atoms with van der Waals surface area (Å²) >= 11 is 1.34. The molecule has 1 aromatic carbocycles. The topological polar surface area (TPSA) is 89.7 Å². The molecule has 2 heterocycles. The molecule has 4 rings (SSSR count). The van der Waals surface area contributed by atoms with E-state index in [9.17, 15) is 13.2 Å². The van der Waals surface area contributed by atoms with Crippen molar-refractivity contribution >= 4 is 37.4 Å². The van der Waals surface area contributed by atoms with Crippen molar-refractivity contribution in [2.24, 2.45) is 5.73 Å². The predicted octanol–water partition coefficient (Wildman–Crippen LogP) is 2.65. The second-order valence-electron chi connectivity index (χ2n) is 6.87. The van der Waals surface area contributed by atoms with Gasteiger partial charge in [-0.2, -0.15) is 4.31 Å². The number of rotatable bonds is 4. The Bertz CT molecular complexity index is 932. The summed E-state index contributed by atoms with van der Waals surface area (Å²) in [5.74, 6) is -0.499. The molecule has 1 amide bonds. The number of carbonyl (C=O) groups is 1. The number of amides is 1. The molecule has 1 aliphatic heterocycles. The van der Waals surface area contributed by atoms with Crippen LogP contribution >= 0.6 is 11.3 Å². The maximum atomic E-state index is 13.0. The Labute approximate surface area is 157 Å². The van der Waals surface area contributed by atoms with Crippen LogP contribution in [0.1, 0.15) is 47.0 Å². The van der Waals surface area contributed by atoms with E-state index < -0.39 is 22.0 Å². The lowest BCUT2D eigenvalue weighted by Gasteiger charge is -2.34. The van der Waals surface area contributed by atoms with E-state index in [2.05, 4.69) is 0 Å². The molecule has 26 heavy (non-hydrogen) atoms. The van der Waals surface area contributed by atoms with Gasteiger partial charge < -0.3 is 10.5 Å². The fourth-order valence-corrected chi connectivity index (χ4v) is 7.13. The lowest BCUT2D eigenvalue weighted by Crippen LogP contribution is -2.45. The lowest BCUT2D eigenvalue weighted by molar-refractivity contribution is -0.00216. The largest absolute Gasteiger partial charge is 0.371 e. The minimum atomic E-state index is -3.33. The Morgan fingerprint density at radius 3 is 2.69 bits per heavy atom. The summed E-state index contributed by atoms with van der Waals surface area (Å²) in [4.78, 5) is 12.4. The van der Waals surface area contributed by atoms with Crippen molar-refractivity contribution in [3.05, 3.63) is 34.7 Å². The standard InChI is InChI=1S/C18H22N2O4S2/c19-18(21)17-16(13-7-3-4-8-15(13)25-17)14-11-20(9-10-24-14)26(22,23)12-5-1-2-6-12/h3-4,7-8,12,14H,1-2,5-6,9-11H2,(H2,19,21). The van der Waals surface area contributed by atoms with Crippen LogP contribution < -0.4 is 5.73 Å². The van der Waals surface area contributed by atoms with E-state index >= 15 is 0 Å². The van der Waals surface area contributed by atoms with Gasteiger partial charge in [0, 0.05) is 23.4 Å². The van der Waals surface area contributed by atoms with Gasteiger partial charge in [-0.05, 0) is 24.3 Å². The lowest BCUT2D eigenvalue weighted by atomic mass is 10.0. The van der Waals surface area contributed by atoms with E-state index in [1.165, 1.54) is 11.3 Å². The van der Waals surface area contributed by atoms with E-state index in [0.29, 0.717) is 18.0 Å². The molecule has 1 saturated carbocycles. The number of nitrogens with zero attached hydrogens (tertiary/aromatic N) is 1. The zero-order valence-electron chi connectivity index (χ0n) is 14.4. The van der Waals surface area contributed by atoms with Gasteiger partial charge in [0.25, 0.3) is 5.91 Å². The summed E-state index contributed by atoms with van der Waals surface area (Å²) in [6, 6.07) is 7.68. The Balaban J connectivity index is 1.69. The van der Waals surface area contributed by atoms with Crippen LogP contribution in [0.5, 0.6) is 0 Å². The van der Waals surface area contributed by atoms with Gasteiger partial charge in [0.1, 0.15) is 0 Å². The first-order valence-electron chi connectivity index (χ1n) is 8.90. The zero-order valence-corrected chi connectivity index (χ0v) is 16.0. The van der Waals surface area contributed by atoms with Gasteiger partial charge in [-0.25, -0.2) is 8.42 Å². The number of carbonyl (C=O) groups excluding carboxylic acids is 1. The number of hydrogen-bond donors (Lipinski definition) is 1. The average Bonchev–Trinajstić information content (AvgIpc) is 3.30. The van der Waals surface area contributed by atoms with E-state index in [-0.39, 0.29) is 11.8 Å². The van der Waals surface area contributed by atoms with E-state index in [1.54, 1.807) is 4.31 Å². The van der Waals surface area contributed by atoms with Gasteiger partial charge in [0.15, 0.2) is 0 Å². The molecule has 8 heteroatoms. The SMILES string of the molecule is NC(=O)c1sc2ccccc2c1C1CN(S(=O)(=O)C2CCCC2)CCO1. The third kappa shape index (κ3) is 3.05. The van der Waals surface area contributed by atoms with Crippen molar-refractivity contribution in [2.45, 2.75) is 37.0 Å². The minimum Gasteiger partial charge on any atom is -0.371 e. The fraction of sp³-hybridized carbons (Fsp3) is 0.500. The molecular formula is C18H22N2O4S2. The number of thiophene rings is 1. The summed E-state index contributed by atoms with van der Waals surface area (Å²) in [7, 11) is -3.33. The van der Waals surface area contributed by atoms with E-state index in [4.69, 9.17) is 10.5 Å². The van der Waals surface area contributed by atoms with Crippen molar-refractivity contribution in [3.8, 4) is 0 Å². The van der Waals surface area contributed by atoms with Crippen molar-refractivity contribution in [2.75, 3.05) is 19.7 Å². The third-order valence-electron chi connectivity index (χ3n) is 5.29. The number of nitrogens with two attached hydrogens (primary N) is 1. The number of ether oxygens (including phenoxy) is 1. The Hall–Kier alpha value is -1.48. The summed E-state index contributed by atoms with van der Waals surface area (Å²) in [6.45, 7) is 0.919. The van der Waals surface area contributed by atoms with Crippen LogP contribution in [0, 0.1) is 0 Å². The predicted molar refractivity (Wildman–Crippen MR) is 102 cm³/mol. The molecule has 1 unspecified atom stereocenters. The second-order valence-corrected chi connectivity index (χ2v) is 10.1. The highest BCUT2D eigenvalue weighted by atomic mass is 32.2. The average molecular weight is 395 g/mol. The third-order valence-corrected chi connectivity index (χ3v) is 8.86. The molecule has 2 fully saturated rings. The number of morpholine rings is 1. The maximum Gasteiger partial charge on any atom is 0.259 e. The highest BCUT2D eigenvalue weighted by Gasteiger charge is 2.38. The Morgan fingerprint density at radius 1 is 1.23 bits per heavy atom. The van der Waals surface area contributed by atoms with Crippen LogP contribution in [0.3, 0.4) is 0 Å². The highest BCUT2D eigenvalue weighted by Crippen LogP contribution is 2.39. The highest BCUT2D eigenvalue weighted by molar-refractivity contribution is 7.89. The Morgan fingerprint density at radius 2 is 1.96 bits per heavy atom. The van der Waals surface area contributed by atoms with Gasteiger partial charge in [-0.3, -0.25) is 4.79 Å². The van der Waals surface area contributed by atoms with Gasteiger partial charge in [-0.1, -0.05) is 31.0 Å². The molecule has 2 N–H and O–H groups in total. The van der Waals surface area contributed by atoms with Crippen LogP contribution in [0.2, 0.25) is 0 Å². The van der Waals surface area contributed by atoms with Crippen molar-refractivity contribution in [3.63, 3.8) is 0 Å². The molecular weight excluding hydrogens is 372 g/mol. The van der Waals surface area contributed by atoms with Gasteiger partial charge in [0.05, 0.1) is 22.8 Å². The van der Waals surface area contributed by atoms with Crippen LogP contribution in [0.4, 0.5) is 0 Å². The van der Waals surface area contributed by atoms with Crippen LogP contribution in [-0.4, -0.2) is 43.6 Å². The molecule has 140 valence electrons. The van der Waals surface area contributed by atoms with Crippen LogP contribution in [0.15, 0.2) is 24.3 Å². The normalized spacial score (nSPS) is 22.8. The quantitative estimate of drug-likeness (QED) is 0.863. The van der Waals surface area contributed by atoms with Crippen LogP contribution in [0.25, 0.3) is 10.1 Å². The fourth-order valence-electron chi connectivity index (χ4n) is 4.00. The van der Waals surface area contributed by atoms with Crippen molar-refractivity contribution < 1.29 is 17.9 Å². The molecule has 2 aromatic rings. The second kappa shape index (κ2) is 6.92. The van der Waals surface area contributed by atoms with Crippen molar-refractivity contribution in [1.82, 2.24) is 4.31 Å². The number of fused-ring (bicyclic) bond motifs is 1. The van der Waals surface area contributed by atoms with E-state index in [0.717, 1.165) is 41.3 Å². The smallest absolute Gasteiger partial charge is 0.259 e. The first kappa shape index (κ1) is 17.9. The maximum absolute atomic E-state index is 13.0. The van der Waals surface area contributed by atoms with Crippen LogP contribution in [-0.2, 0) is 14.8 Å². The van der Waals surface area contributed by atoms with Gasteiger partial charge in [-0.15, -0.1) is 11.3 Å². The molecule has 0 radical (unpaired) electrons. The molecule has 6 nitrogen and oxygen atoms in total. The molecule has 0 spiro atoms. The van der Waals surface area contributed by atoms with Gasteiger partial charge in [0.2, 0.25) is 10.0 Å². The first-order chi connectivity index (χ1) is 12.5. The molecule has 1 saturated heterocycles. The monoisotopic (exact) mass is 394 g/mol. The summed E-state index contributed by atoms with van der Waals surface area (Å²) in [6.07, 6.45) is 2.94.